The zero-order valence-electron chi connectivity index (χ0n) is 15.1. The molecule has 11 heteroatoms. The molecule has 0 saturated carbocycles. The van der Waals surface area contributed by atoms with Gasteiger partial charge in [-0.2, -0.15) is 0 Å². The number of pyridine rings is 1. The Balaban J connectivity index is 1.84. The van der Waals surface area contributed by atoms with Crippen LogP contribution in [-0.4, -0.2) is 34.1 Å². The summed E-state index contributed by atoms with van der Waals surface area (Å²) in [5.41, 5.74) is 1.27. The van der Waals surface area contributed by atoms with E-state index in [1.165, 1.54) is 30.1 Å². The molecule has 1 aromatic carbocycles. The number of sulfonamides is 1. The van der Waals surface area contributed by atoms with Crippen molar-refractivity contribution in [3.05, 3.63) is 41.6 Å². The van der Waals surface area contributed by atoms with E-state index in [9.17, 15) is 13.2 Å². The van der Waals surface area contributed by atoms with E-state index in [0.717, 1.165) is 5.52 Å². The Morgan fingerprint density at radius 2 is 2.11 bits per heavy atom. The highest BCUT2D eigenvalue weighted by atomic mass is 35.5. The van der Waals surface area contributed by atoms with E-state index in [1.807, 2.05) is 11.5 Å². The lowest BCUT2D eigenvalue weighted by Crippen LogP contribution is -2.23. The molecule has 8 nitrogen and oxygen atoms in total. The quantitative estimate of drug-likeness (QED) is 0.570. The molecule has 0 bridgehead atoms. The number of carbonyl (C=O) groups excluding carboxylic acids is 1. The topological polar surface area (TPSA) is 120 Å². The van der Waals surface area contributed by atoms with E-state index < -0.39 is 15.3 Å². The van der Waals surface area contributed by atoms with Crippen LogP contribution >= 0.6 is 23.4 Å². The van der Waals surface area contributed by atoms with Crippen molar-refractivity contribution in [1.29, 1.82) is 0 Å². The number of primary sulfonamides is 1. The van der Waals surface area contributed by atoms with Gasteiger partial charge in [0, 0.05) is 12.7 Å². The van der Waals surface area contributed by atoms with Crippen LogP contribution in [0.4, 0.5) is 5.82 Å². The fraction of sp³-hybridized carbons (Fsp3) is 0.235. The molecule has 3 N–H and O–H groups in total. The fourth-order valence-electron chi connectivity index (χ4n) is 2.55. The molecule has 2 aromatic heterocycles. The van der Waals surface area contributed by atoms with E-state index in [4.69, 9.17) is 16.7 Å². The summed E-state index contributed by atoms with van der Waals surface area (Å²) in [6.07, 6.45) is 1.45. The maximum absolute atomic E-state index is 12.5. The molecule has 1 unspecified atom stereocenters. The van der Waals surface area contributed by atoms with Crippen LogP contribution in [0, 0.1) is 0 Å². The molecular weight excluding hydrogens is 422 g/mol. The summed E-state index contributed by atoms with van der Waals surface area (Å²) in [6, 6.07) is 7.80. The van der Waals surface area contributed by atoms with Gasteiger partial charge < -0.3 is 9.88 Å². The van der Waals surface area contributed by atoms with Gasteiger partial charge in [0.25, 0.3) is 0 Å². The van der Waals surface area contributed by atoms with Crippen molar-refractivity contribution in [1.82, 2.24) is 14.5 Å². The number of aryl methyl sites for hydroxylation is 1. The number of hydrogen-bond acceptors (Lipinski definition) is 6. The molecule has 148 valence electrons. The van der Waals surface area contributed by atoms with Gasteiger partial charge in [0.05, 0.1) is 26.2 Å². The first-order valence-electron chi connectivity index (χ1n) is 8.31. The molecule has 2 heterocycles. The maximum Gasteiger partial charge on any atom is 0.238 e. The first-order chi connectivity index (χ1) is 13.2. The molecule has 3 rings (SSSR count). The van der Waals surface area contributed by atoms with Gasteiger partial charge in [-0.25, -0.2) is 23.5 Å². The molecule has 0 aliphatic carbocycles. The van der Waals surface area contributed by atoms with Crippen LogP contribution in [0.1, 0.15) is 13.8 Å². The number of nitrogens with two attached hydrogens (primary N) is 1. The Hall–Kier alpha value is -2.14. The average molecular weight is 440 g/mol. The predicted octanol–water partition coefficient (Wildman–Crippen LogP) is 2.87. The predicted molar refractivity (Wildman–Crippen MR) is 110 cm³/mol. The van der Waals surface area contributed by atoms with Gasteiger partial charge in [-0.1, -0.05) is 23.4 Å². The highest BCUT2D eigenvalue weighted by Gasteiger charge is 2.20. The van der Waals surface area contributed by atoms with Gasteiger partial charge in [-0.15, -0.1) is 0 Å². The van der Waals surface area contributed by atoms with Crippen molar-refractivity contribution in [2.45, 2.75) is 35.7 Å². The van der Waals surface area contributed by atoms with Crippen molar-refractivity contribution in [3.63, 3.8) is 0 Å². The molecule has 0 saturated heterocycles. The minimum Gasteiger partial charge on any atom is -0.319 e. The SMILES string of the molecule is CCn1c(SC(C)C(=O)Nc2ccc(Cl)cn2)nc2cc(S(N)(=O)=O)ccc21. The van der Waals surface area contributed by atoms with E-state index >= 15 is 0 Å². The molecule has 0 aliphatic rings. The van der Waals surface area contributed by atoms with E-state index in [0.29, 0.717) is 28.1 Å². The molecular formula is C17H18ClN5O3S2. The lowest BCUT2D eigenvalue weighted by Gasteiger charge is -2.12. The first-order valence-corrected chi connectivity index (χ1v) is 11.1. The number of imidazole rings is 1. The van der Waals surface area contributed by atoms with Gasteiger partial charge in [0.2, 0.25) is 15.9 Å². The van der Waals surface area contributed by atoms with Crippen LogP contribution < -0.4 is 10.5 Å². The molecule has 3 aromatic rings. The second-order valence-electron chi connectivity index (χ2n) is 5.95. The summed E-state index contributed by atoms with van der Waals surface area (Å²) in [7, 11) is -3.82. The third-order valence-electron chi connectivity index (χ3n) is 3.96. The van der Waals surface area contributed by atoms with Crippen LogP contribution in [0.2, 0.25) is 5.02 Å². The lowest BCUT2D eigenvalue weighted by molar-refractivity contribution is -0.115. The van der Waals surface area contributed by atoms with Crippen LogP contribution in [0.5, 0.6) is 0 Å². The Morgan fingerprint density at radius 3 is 2.71 bits per heavy atom. The van der Waals surface area contributed by atoms with Crippen molar-refractivity contribution in [2.75, 3.05) is 5.32 Å². The van der Waals surface area contributed by atoms with Gasteiger partial charge >= 0.3 is 0 Å². The van der Waals surface area contributed by atoms with Crippen LogP contribution in [0.15, 0.2) is 46.6 Å². The van der Waals surface area contributed by atoms with Gasteiger partial charge in [-0.05, 0) is 44.2 Å². The first kappa shape index (κ1) is 20.6. The third-order valence-corrected chi connectivity index (χ3v) is 6.18. The number of carbonyl (C=O) groups is 1. The number of thioether (sulfide) groups is 1. The smallest absolute Gasteiger partial charge is 0.238 e. The zero-order valence-corrected chi connectivity index (χ0v) is 17.5. The molecule has 0 fully saturated rings. The van der Waals surface area contributed by atoms with Gasteiger partial charge in [-0.3, -0.25) is 4.79 Å². The Kier molecular flexibility index (Phi) is 5.94. The molecule has 1 atom stereocenters. The summed E-state index contributed by atoms with van der Waals surface area (Å²) in [6.45, 7) is 4.31. The van der Waals surface area contributed by atoms with Crippen molar-refractivity contribution in [3.8, 4) is 0 Å². The van der Waals surface area contributed by atoms with Crippen molar-refractivity contribution in [2.24, 2.45) is 5.14 Å². The normalized spacial score (nSPS) is 12.9. The number of halogens is 1. The molecule has 0 radical (unpaired) electrons. The summed E-state index contributed by atoms with van der Waals surface area (Å²) in [5.74, 6) is 0.170. The van der Waals surface area contributed by atoms with Crippen LogP contribution in [0.3, 0.4) is 0 Å². The minimum atomic E-state index is -3.82. The Morgan fingerprint density at radius 1 is 1.36 bits per heavy atom. The molecule has 28 heavy (non-hydrogen) atoms. The second-order valence-corrected chi connectivity index (χ2v) is 9.25. The highest BCUT2D eigenvalue weighted by molar-refractivity contribution is 8.00. The summed E-state index contributed by atoms with van der Waals surface area (Å²) in [4.78, 5) is 21.0. The van der Waals surface area contributed by atoms with Crippen LogP contribution in [-0.2, 0) is 21.4 Å². The maximum atomic E-state index is 12.5. The number of amides is 1. The molecule has 0 aliphatic heterocycles. The number of fused-ring (bicyclic) bond motifs is 1. The standard InChI is InChI=1S/C17H18ClN5O3S2/c1-3-23-14-6-5-12(28(19,25)26)8-13(14)21-17(23)27-10(2)16(24)22-15-7-4-11(18)9-20-15/h4-10H,3H2,1-2H3,(H2,19,25,26)(H,20,22,24). The number of rotatable bonds is 6. The number of nitrogens with one attached hydrogen (secondary N) is 1. The van der Waals surface area contributed by atoms with Gasteiger partial charge in [0.15, 0.2) is 5.16 Å². The van der Waals surface area contributed by atoms with E-state index in [-0.39, 0.29) is 10.8 Å². The second kappa shape index (κ2) is 8.08. The molecule has 0 spiro atoms. The fourth-order valence-corrected chi connectivity index (χ4v) is 4.18. The zero-order chi connectivity index (χ0) is 20.5. The summed E-state index contributed by atoms with van der Waals surface area (Å²) >= 11 is 7.06. The number of aromatic nitrogens is 3. The number of nitrogens with zero attached hydrogens (tertiary/aromatic N) is 3. The third kappa shape index (κ3) is 4.46. The Bertz CT molecular complexity index is 1130. The lowest BCUT2D eigenvalue weighted by atomic mass is 10.3. The highest BCUT2D eigenvalue weighted by Crippen LogP contribution is 2.29. The van der Waals surface area contributed by atoms with Crippen molar-refractivity contribution < 1.29 is 13.2 Å². The number of hydrogen-bond donors (Lipinski definition) is 2. The monoisotopic (exact) mass is 439 g/mol. The average Bonchev–Trinajstić information content (AvgIpc) is 2.98. The largest absolute Gasteiger partial charge is 0.319 e. The summed E-state index contributed by atoms with van der Waals surface area (Å²) < 4.78 is 25.1. The van der Waals surface area contributed by atoms with Gasteiger partial charge in [0.1, 0.15) is 5.82 Å². The molecule has 1 amide bonds. The van der Waals surface area contributed by atoms with E-state index in [2.05, 4.69) is 15.3 Å². The van der Waals surface area contributed by atoms with E-state index in [1.54, 1.807) is 25.1 Å². The Labute approximate surface area is 171 Å². The summed E-state index contributed by atoms with van der Waals surface area (Å²) in [5, 5.41) is 8.55. The van der Waals surface area contributed by atoms with Crippen LogP contribution in [0.25, 0.3) is 11.0 Å². The number of anilines is 1. The number of benzene rings is 1. The minimum absolute atomic E-state index is 0.00286. The van der Waals surface area contributed by atoms with Crippen molar-refractivity contribution >= 4 is 56.1 Å².